The fourth-order valence-electron chi connectivity index (χ4n) is 3.29. The highest BCUT2D eigenvalue weighted by Gasteiger charge is 2.10. The monoisotopic (exact) mass is 431 g/mol. The van der Waals surface area contributed by atoms with Crippen molar-refractivity contribution in [2.75, 3.05) is 11.1 Å². The number of rotatable bonds is 8. The van der Waals surface area contributed by atoms with Crippen LogP contribution >= 0.6 is 11.3 Å². The number of amides is 1. The summed E-state index contributed by atoms with van der Waals surface area (Å²) in [4.78, 5) is 12.5. The second-order valence-electron chi connectivity index (χ2n) is 7.57. The molecule has 0 saturated carbocycles. The first-order valence-corrected chi connectivity index (χ1v) is 11.2. The lowest BCUT2D eigenvalue weighted by molar-refractivity contribution is -0.116. The molecule has 2 aromatic carbocycles. The number of nitrogens with zero attached hydrogens (tertiary/aromatic N) is 3. The molecule has 0 saturated heterocycles. The third-order valence-corrected chi connectivity index (χ3v) is 5.81. The molecule has 4 rings (SSSR count). The van der Waals surface area contributed by atoms with Gasteiger partial charge in [0.2, 0.25) is 5.91 Å². The van der Waals surface area contributed by atoms with Gasteiger partial charge in [-0.15, -0.1) is 5.10 Å². The number of aryl methyl sites for hydroxylation is 4. The zero-order valence-electron chi connectivity index (χ0n) is 17.4. The lowest BCUT2D eigenvalue weighted by Crippen LogP contribution is -2.13. The molecule has 31 heavy (non-hydrogen) atoms. The van der Waals surface area contributed by atoms with E-state index in [1.807, 2.05) is 40.5 Å². The van der Waals surface area contributed by atoms with Crippen LogP contribution in [0, 0.1) is 6.92 Å². The molecule has 0 fully saturated rings. The van der Waals surface area contributed by atoms with Crippen molar-refractivity contribution in [3.05, 3.63) is 82.3 Å². The van der Waals surface area contributed by atoms with Gasteiger partial charge in [0.25, 0.3) is 0 Å². The molecule has 158 valence electrons. The molecule has 0 radical (unpaired) electrons. The molecular formula is C24H25N5OS. The first-order valence-electron chi connectivity index (χ1n) is 10.2. The van der Waals surface area contributed by atoms with Gasteiger partial charge < -0.3 is 11.1 Å². The van der Waals surface area contributed by atoms with Gasteiger partial charge in [0.1, 0.15) is 0 Å². The molecule has 4 aromatic rings. The fourth-order valence-corrected chi connectivity index (χ4v) is 3.95. The summed E-state index contributed by atoms with van der Waals surface area (Å²) >= 11 is 1.64. The van der Waals surface area contributed by atoms with Crippen LogP contribution in [0.3, 0.4) is 0 Å². The first kappa shape index (κ1) is 20.8. The third kappa shape index (κ3) is 5.58. The molecule has 0 aliphatic rings. The van der Waals surface area contributed by atoms with Gasteiger partial charge in [-0.25, -0.2) is 0 Å². The Balaban J connectivity index is 1.29. The van der Waals surface area contributed by atoms with Crippen molar-refractivity contribution in [3.8, 4) is 11.1 Å². The molecule has 6 nitrogen and oxygen atoms in total. The SMILES string of the molecule is Cc1ccc(CCn2cc(CCC(=O)Nc3cc(-c4ccsc4)ccc3N)nn2)cc1. The third-order valence-electron chi connectivity index (χ3n) is 5.13. The molecule has 0 bridgehead atoms. The summed E-state index contributed by atoms with van der Waals surface area (Å²) in [5.41, 5.74) is 12.7. The van der Waals surface area contributed by atoms with Gasteiger partial charge in [-0.2, -0.15) is 11.3 Å². The van der Waals surface area contributed by atoms with Crippen LogP contribution in [0.25, 0.3) is 11.1 Å². The predicted molar refractivity (Wildman–Crippen MR) is 126 cm³/mol. The minimum atomic E-state index is -0.0941. The van der Waals surface area contributed by atoms with Crippen LogP contribution < -0.4 is 11.1 Å². The lowest BCUT2D eigenvalue weighted by Gasteiger charge is -2.10. The number of benzene rings is 2. The average molecular weight is 432 g/mol. The van der Waals surface area contributed by atoms with Crippen molar-refractivity contribution < 1.29 is 4.79 Å². The van der Waals surface area contributed by atoms with E-state index in [2.05, 4.69) is 52.2 Å². The van der Waals surface area contributed by atoms with Crippen LogP contribution in [-0.4, -0.2) is 20.9 Å². The summed E-state index contributed by atoms with van der Waals surface area (Å²) in [6.07, 6.45) is 3.65. The van der Waals surface area contributed by atoms with Gasteiger partial charge in [0.15, 0.2) is 0 Å². The van der Waals surface area contributed by atoms with Crippen molar-refractivity contribution in [3.63, 3.8) is 0 Å². The van der Waals surface area contributed by atoms with E-state index in [4.69, 9.17) is 5.73 Å². The zero-order valence-corrected chi connectivity index (χ0v) is 18.2. The van der Waals surface area contributed by atoms with Gasteiger partial charge in [0, 0.05) is 25.6 Å². The van der Waals surface area contributed by atoms with Crippen LogP contribution in [0.4, 0.5) is 11.4 Å². The van der Waals surface area contributed by atoms with E-state index in [-0.39, 0.29) is 5.91 Å². The maximum Gasteiger partial charge on any atom is 0.224 e. The molecule has 1 amide bonds. The Kier molecular flexibility index (Phi) is 6.43. The number of nitrogens with two attached hydrogens (primary N) is 1. The van der Waals surface area contributed by atoms with E-state index in [9.17, 15) is 4.79 Å². The van der Waals surface area contributed by atoms with Crippen LogP contribution in [0.5, 0.6) is 0 Å². The van der Waals surface area contributed by atoms with Gasteiger partial charge in [0.05, 0.1) is 17.1 Å². The minimum Gasteiger partial charge on any atom is -0.397 e. The summed E-state index contributed by atoms with van der Waals surface area (Å²) < 4.78 is 1.83. The van der Waals surface area contributed by atoms with E-state index in [0.717, 1.165) is 29.8 Å². The Morgan fingerprint density at radius 3 is 2.71 bits per heavy atom. The molecular weight excluding hydrogens is 406 g/mol. The van der Waals surface area contributed by atoms with Crippen molar-refractivity contribution in [2.24, 2.45) is 0 Å². The summed E-state index contributed by atoms with van der Waals surface area (Å²) in [6.45, 7) is 2.84. The maximum absolute atomic E-state index is 12.5. The normalized spacial score (nSPS) is 10.9. The van der Waals surface area contributed by atoms with Crippen molar-refractivity contribution in [1.82, 2.24) is 15.0 Å². The summed E-state index contributed by atoms with van der Waals surface area (Å²) in [7, 11) is 0. The molecule has 3 N–H and O–H groups in total. The average Bonchev–Trinajstić information content (AvgIpc) is 3.46. The highest BCUT2D eigenvalue weighted by molar-refractivity contribution is 7.08. The predicted octanol–water partition coefficient (Wildman–Crippen LogP) is 4.71. The Morgan fingerprint density at radius 2 is 1.94 bits per heavy atom. The van der Waals surface area contributed by atoms with Crippen LogP contribution in [0.1, 0.15) is 23.2 Å². The number of nitrogens with one attached hydrogen (secondary N) is 1. The number of aromatic nitrogens is 3. The Morgan fingerprint density at radius 1 is 1.10 bits per heavy atom. The molecule has 7 heteroatoms. The Labute approximate surface area is 185 Å². The molecule has 0 aliphatic heterocycles. The molecule has 2 aromatic heterocycles. The summed E-state index contributed by atoms with van der Waals surface area (Å²) in [5.74, 6) is -0.0941. The lowest BCUT2D eigenvalue weighted by atomic mass is 10.1. The molecule has 0 atom stereocenters. The largest absolute Gasteiger partial charge is 0.397 e. The van der Waals surface area contributed by atoms with Crippen molar-refractivity contribution >= 4 is 28.6 Å². The highest BCUT2D eigenvalue weighted by atomic mass is 32.1. The topological polar surface area (TPSA) is 85.8 Å². The smallest absolute Gasteiger partial charge is 0.224 e. The number of carbonyl (C=O) groups excluding carboxylic acids is 1. The Hall–Kier alpha value is -3.45. The van der Waals surface area contributed by atoms with E-state index in [1.54, 1.807) is 11.3 Å². The number of hydrogen-bond acceptors (Lipinski definition) is 5. The van der Waals surface area contributed by atoms with E-state index >= 15 is 0 Å². The fraction of sp³-hybridized carbons (Fsp3) is 0.208. The van der Waals surface area contributed by atoms with E-state index < -0.39 is 0 Å². The Bertz CT molecular complexity index is 1150. The summed E-state index contributed by atoms with van der Waals surface area (Å²) in [6, 6.07) is 16.2. The van der Waals surface area contributed by atoms with Gasteiger partial charge >= 0.3 is 0 Å². The van der Waals surface area contributed by atoms with Crippen LogP contribution in [0.2, 0.25) is 0 Å². The second kappa shape index (κ2) is 9.57. The number of nitrogen functional groups attached to an aromatic ring is 1. The molecule has 0 unspecified atom stereocenters. The van der Waals surface area contributed by atoms with E-state index in [0.29, 0.717) is 24.2 Å². The van der Waals surface area contributed by atoms with Crippen LogP contribution in [0.15, 0.2) is 65.5 Å². The first-order chi connectivity index (χ1) is 15.1. The summed E-state index contributed by atoms with van der Waals surface area (Å²) in [5, 5.41) is 15.4. The van der Waals surface area contributed by atoms with Crippen LogP contribution in [-0.2, 0) is 24.2 Å². The zero-order chi connectivity index (χ0) is 21.6. The highest BCUT2D eigenvalue weighted by Crippen LogP contribution is 2.28. The quantitative estimate of drug-likeness (QED) is 0.396. The second-order valence-corrected chi connectivity index (χ2v) is 8.35. The number of hydrogen-bond donors (Lipinski definition) is 2. The maximum atomic E-state index is 12.5. The number of anilines is 2. The van der Waals surface area contributed by atoms with Crippen molar-refractivity contribution in [1.29, 1.82) is 0 Å². The van der Waals surface area contributed by atoms with Crippen molar-refractivity contribution in [2.45, 2.75) is 32.7 Å². The molecule has 0 aliphatic carbocycles. The molecule has 0 spiro atoms. The molecule has 2 heterocycles. The standard InChI is InChI=1S/C24H25N5OS/c1-17-2-4-18(5-3-17)10-12-29-15-21(27-28-29)7-9-24(30)26-23-14-19(6-8-22(23)25)20-11-13-31-16-20/h2-6,8,11,13-16H,7,9-10,12,25H2,1H3,(H,26,30). The number of thiophene rings is 1. The van der Waals surface area contributed by atoms with Gasteiger partial charge in [-0.1, -0.05) is 41.1 Å². The minimum absolute atomic E-state index is 0.0941. The number of carbonyl (C=O) groups is 1. The van der Waals surface area contributed by atoms with Gasteiger partial charge in [-0.3, -0.25) is 9.48 Å². The van der Waals surface area contributed by atoms with Gasteiger partial charge in [-0.05, 0) is 59.0 Å². The van der Waals surface area contributed by atoms with E-state index in [1.165, 1.54) is 11.1 Å².